The number of carbonyl (C=O) groups is 1. The molecule has 0 saturated carbocycles. The van der Waals surface area contributed by atoms with Gasteiger partial charge in [-0.1, -0.05) is 30.3 Å². The van der Waals surface area contributed by atoms with Gasteiger partial charge >= 0.3 is 11.9 Å². The van der Waals surface area contributed by atoms with E-state index in [0.717, 1.165) is 18.2 Å². The van der Waals surface area contributed by atoms with Gasteiger partial charge in [0, 0.05) is 5.56 Å². The van der Waals surface area contributed by atoms with E-state index >= 15 is 0 Å². The average molecular weight is 460 g/mol. The fourth-order valence-electron chi connectivity index (χ4n) is 3.39. The maximum atomic E-state index is 13.3. The van der Waals surface area contributed by atoms with E-state index in [1.54, 1.807) is 13.0 Å². The van der Waals surface area contributed by atoms with Gasteiger partial charge in [0.05, 0.1) is 21.5 Å². The van der Waals surface area contributed by atoms with Crippen molar-refractivity contribution in [3.8, 4) is 0 Å². The number of carbonyl (C=O) groups excluding carboxylic acids is 1. The summed E-state index contributed by atoms with van der Waals surface area (Å²) in [6.45, 7) is 1.68. The Bertz CT molecular complexity index is 1530. The molecule has 0 N–H and O–H groups in total. The summed E-state index contributed by atoms with van der Waals surface area (Å²) < 4.78 is 66.8. The minimum Gasteiger partial charge on any atom is -0.268 e. The van der Waals surface area contributed by atoms with Crippen LogP contribution in [0.3, 0.4) is 0 Å². The molecule has 0 atom stereocenters. The molecule has 0 aliphatic heterocycles. The van der Waals surface area contributed by atoms with Gasteiger partial charge in [-0.15, -0.1) is 0 Å². The smallest absolute Gasteiger partial charge is 0.268 e. The Morgan fingerprint density at radius 3 is 2.19 bits per heavy atom. The van der Waals surface area contributed by atoms with Crippen LogP contribution in [-0.2, 0) is 16.2 Å². The van der Waals surface area contributed by atoms with E-state index in [-0.39, 0.29) is 15.9 Å². The van der Waals surface area contributed by atoms with E-state index in [1.807, 2.05) is 0 Å². The molecule has 1 aromatic heterocycles. The Morgan fingerprint density at radius 1 is 0.875 bits per heavy atom. The van der Waals surface area contributed by atoms with Gasteiger partial charge in [0.2, 0.25) is 0 Å². The highest BCUT2D eigenvalue weighted by atomic mass is 32.2. The summed E-state index contributed by atoms with van der Waals surface area (Å²) in [4.78, 5) is 26.1. The third kappa shape index (κ3) is 3.52. The van der Waals surface area contributed by atoms with Crippen LogP contribution in [0.5, 0.6) is 0 Å². The topological polar surface area (TPSA) is 78.1 Å². The molecule has 4 aromatic rings. The first-order valence-corrected chi connectivity index (χ1v) is 10.7. The molecule has 0 unspecified atom stereocenters. The molecular formula is C22H15F3N2O4S. The molecular weight excluding hydrogens is 445 g/mol. The van der Waals surface area contributed by atoms with Gasteiger partial charge < -0.3 is 0 Å². The molecule has 164 valence electrons. The van der Waals surface area contributed by atoms with E-state index in [9.17, 15) is 31.2 Å². The lowest BCUT2D eigenvalue weighted by molar-refractivity contribution is -0.137. The van der Waals surface area contributed by atoms with E-state index in [4.69, 9.17) is 0 Å². The third-order valence-electron chi connectivity index (χ3n) is 4.87. The zero-order valence-electron chi connectivity index (χ0n) is 16.5. The van der Waals surface area contributed by atoms with Gasteiger partial charge in [0.15, 0.2) is 0 Å². The standard InChI is InChI=1S/C22H15F3N2O4S/c1-14-6-4-9-17(12-14)32(30,31)27-19-11-3-2-10-18(19)26(21(27)29)20(28)15-7-5-8-16(13-15)22(23,24)25/h2-13H,1H3. The summed E-state index contributed by atoms with van der Waals surface area (Å²) in [6.07, 6.45) is -4.69. The summed E-state index contributed by atoms with van der Waals surface area (Å²) in [5, 5.41) is 0. The molecule has 0 aliphatic carbocycles. The summed E-state index contributed by atoms with van der Waals surface area (Å²) >= 11 is 0. The number of aryl methyl sites for hydroxylation is 1. The molecule has 0 saturated heterocycles. The van der Waals surface area contributed by atoms with Gasteiger partial charge in [-0.05, 0) is 55.0 Å². The van der Waals surface area contributed by atoms with Gasteiger partial charge in [-0.25, -0.2) is 17.8 Å². The highest BCUT2D eigenvalue weighted by Gasteiger charge is 2.32. The summed E-state index contributed by atoms with van der Waals surface area (Å²) in [5.74, 6) is -1.07. The summed E-state index contributed by atoms with van der Waals surface area (Å²) in [5.41, 5.74) is -2.14. The van der Waals surface area contributed by atoms with Gasteiger partial charge in [-0.2, -0.15) is 17.1 Å². The van der Waals surface area contributed by atoms with Gasteiger partial charge in [0.1, 0.15) is 0 Å². The number of fused-ring (bicyclic) bond motifs is 1. The summed E-state index contributed by atoms with van der Waals surface area (Å²) in [6, 6.07) is 15.2. The molecule has 32 heavy (non-hydrogen) atoms. The minimum atomic E-state index is -4.69. The zero-order valence-corrected chi connectivity index (χ0v) is 17.3. The van der Waals surface area contributed by atoms with Crippen LogP contribution < -0.4 is 5.69 Å². The molecule has 3 aromatic carbocycles. The lowest BCUT2D eigenvalue weighted by Crippen LogP contribution is -2.33. The van der Waals surface area contributed by atoms with Crippen molar-refractivity contribution in [3.05, 3.63) is 100.0 Å². The van der Waals surface area contributed by atoms with Crippen molar-refractivity contribution in [2.45, 2.75) is 18.0 Å². The third-order valence-corrected chi connectivity index (χ3v) is 6.56. The SMILES string of the molecule is Cc1cccc(S(=O)(=O)n2c(=O)n(C(=O)c3cccc(C(F)(F)F)c3)c3ccccc32)c1. The van der Waals surface area contributed by atoms with Crippen LogP contribution in [0.1, 0.15) is 21.5 Å². The molecule has 6 nitrogen and oxygen atoms in total. The number of halogens is 3. The Morgan fingerprint density at radius 2 is 1.53 bits per heavy atom. The monoisotopic (exact) mass is 460 g/mol. The number of imidazole rings is 1. The minimum absolute atomic E-state index is 0.0452. The molecule has 4 rings (SSSR count). The van der Waals surface area contributed by atoms with Crippen LogP contribution in [0.2, 0.25) is 0 Å². The second-order valence-electron chi connectivity index (χ2n) is 7.08. The van der Waals surface area contributed by atoms with Crippen LogP contribution >= 0.6 is 0 Å². The van der Waals surface area contributed by atoms with Crippen LogP contribution in [0.15, 0.2) is 82.5 Å². The quantitative estimate of drug-likeness (QED) is 0.462. The molecule has 0 radical (unpaired) electrons. The Labute approximate surface area is 180 Å². The predicted octanol–water partition coefficient (Wildman–Crippen LogP) is 4.06. The van der Waals surface area contributed by atoms with Crippen molar-refractivity contribution in [1.82, 2.24) is 8.54 Å². The highest BCUT2D eigenvalue weighted by Crippen LogP contribution is 2.30. The van der Waals surface area contributed by atoms with Crippen molar-refractivity contribution >= 4 is 27.0 Å². The second kappa shape index (κ2) is 7.49. The predicted molar refractivity (Wildman–Crippen MR) is 111 cm³/mol. The molecule has 10 heteroatoms. The van der Waals surface area contributed by atoms with Gasteiger partial charge in [-0.3, -0.25) is 4.79 Å². The Balaban J connectivity index is 1.97. The normalized spacial score (nSPS) is 12.2. The van der Waals surface area contributed by atoms with Crippen LogP contribution in [0.25, 0.3) is 11.0 Å². The van der Waals surface area contributed by atoms with Crippen LogP contribution in [0, 0.1) is 6.92 Å². The van der Waals surface area contributed by atoms with Crippen LogP contribution in [-0.4, -0.2) is 22.9 Å². The Hall–Kier alpha value is -3.66. The number of alkyl halides is 3. The maximum Gasteiger partial charge on any atom is 0.416 e. The molecule has 0 aliphatic rings. The van der Waals surface area contributed by atoms with E-state index < -0.39 is 38.9 Å². The fraction of sp³-hybridized carbons (Fsp3) is 0.0909. The van der Waals surface area contributed by atoms with Crippen molar-refractivity contribution in [1.29, 1.82) is 0 Å². The van der Waals surface area contributed by atoms with Crippen molar-refractivity contribution < 1.29 is 26.4 Å². The van der Waals surface area contributed by atoms with Crippen molar-refractivity contribution in [2.75, 3.05) is 0 Å². The van der Waals surface area contributed by atoms with E-state index in [1.165, 1.54) is 42.5 Å². The molecule has 0 spiro atoms. The highest BCUT2D eigenvalue weighted by molar-refractivity contribution is 7.90. The van der Waals surface area contributed by atoms with Crippen LogP contribution in [0.4, 0.5) is 13.2 Å². The number of rotatable bonds is 3. The van der Waals surface area contributed by atoms with Crippen molar-refractivity contribution in [2.24, 2.45) is 0 Å². The average Bonchev–Trinajstić information content (AvgIpc) is 3.05. The summed E-state index contributed by atoms with van der Waals surface area (Å²) in [7, 11) is -4.39. The number of aromatic nitrogens is 2. The van der Waals surface area contributed by atoms with E-state index in [2.05, 4.69) is 0 Å². The first-order valence-electron chi connectivity index (χ1n) is 9.28. The van der Waals surface area contributed by atoms with E-state index in [0.29, 0.717) is 20.2 Å². The fourth-order valence-corrected chi connectivity index (χ4v) is 4.89. The number of benzene rings is 3. The lowest BCUT2D eigenvalue weighted by atomic mass is 10.1. The first kappa shape index (κ1) is 21.6. The zero-order chi connectivity index (χ0) is 23.3. The largest absolute Gasteiger partial charge is 0.416 e. The molecule has 0 bridgehead atoms. The second-order valence-corrected chi connectivity index (χ2v) is 8.86. The number of nitrogens with zero attached hydrogens (tertiary/aromatic N) is 2. The Kier molecular flexibility index (Phi) is 5.04. The number of para-hydroxylation sites is 2. The maximum absolute atomic E-state index is 13.3. The lowest BCUT2D eigenvalue weighted by Gasteiger charge is -2.08. The first-order chi connectivity index (χ1) is 15.0. The van der Waals surface area contributed by atoms with Crippen molar-refractivity contribution in [3.63, 3.8) is 0 Å². The number of hydrogen-bond acceptors (Lipinski definition) is 4. The molecule has 0 amide bonds. The number of hydrogen-bond donors (Lipinski definition) is 0. The van der Waals surface area contributed by atoms with Gasteiger partial charge in [0.25, 0.3) is 15.9 Å². The molecule has 1 heterocycles. The molecule has 0 fully saturated rings.